The Balaban J connectivity index is 1.58. The third kappa shape index (κ3) is 3.76. The van der Waals surface area contributed by atoms with E-state index in [1.54, 1.807) is 11.3 Å². The summed E-state index contributed by atoms with van der Waals surface area (Å²) in [4.78, 5) is 15.1. The van der Waals surface area contributed by atoms with Crippen LogP contribution >= 0.6 is 11.3 Å². The van der Waals surface area contributed by atoms with E-state index in [2.05, 4.69) is 45.2 Å². The fraction of sp³-hybridized carbons (Fsp3) is 0.400. The number of nitrogens with one attached hydrogen (secondary N) is 2. The maximum atomic E-state index is 11.6. The molecule has 1 saturated heterocycles. The highest BCUT2D eigenvalue weighted by Gasteiger charge is 2.30. The smallest absolute Gasteiger partial charge is 0.323 e. The number of carbonyl (C=O) groups excluding carboxylic acids is 1. The van der Waals surface area contributed by atoms with E-state index < -0.39 is 6.04 Å². The molecule has 2 aliphatic rings. The van der Waals surface area contributed by atoms with Gasteiger partial charge in [0.1, 0.15) is 16.7 Å². The Labute approximate surface area is 168 Å². The summed E-state index contributed by atoms with van der Waals surface area (Å²) in [6, 6.07) is 9.92. The minimum Gasteiger partial charge on any atom is -0.468 e. The number of methoxy groups -OCH3 is 1. The number of thiophene rings is 1. The number of amidine groups is 1. The molecule has 0 saturated carbocycles. The molecule has 3 heterocycles. The molecule has 4 rings (SSSR count). The molecule has 1 aromatic heterocycles. The third-order valence-electron chi connectivity index (χ3n) is 5.19. The fourth-order valence-electron chi connectivity index (χ4n) is 3.71. The number of hydrogen-bond donors (Lipinski definition) is 3. The zero-order chi connectivity index (χ0) is 19.7. The second-order valence-electron chi connectivity index (χ2n) is 7.16. The lowest BCUT2D eigenvalue weighted by atomic mass is 10.2. The topological polar surface area (TPSA) is 82.6 Å². The van der Waals surface area contributed by atoms with Crippen LogP contribution in [0.5, 0.6) is 0 Å². The monoisotopic (exact) mass is 400 g/mol. The summed E-state index contributed by atoms with van der Waals surface area (Å²) < 4.78 is 7.12. The Kier molecular flexibility index (Phi) is 5.34. The van der Waals surface area contributed by atoms with E-state index in [9.17, 15) is 4.79 Å². The van der Waals surface area contributed by atoms with E-state index in [1.165, 1.54) is 22.6 Å². The van der Waals surface area contributed by atoms with Crippen LogP contribution in [0.15, 0.2) is 30.3 Å². The molecule has 0 spiro atoms. The first-order valence-electron chi connectivity index (χ1n) is 9.46. The minimum absolute atomic E-state index is 0.358. The number of rotatable bonds is 3. The van der Waals surface area contributed by atoms with Crippen LogP contribution in [0, 0.1) is 6.92 Å². The molecule has 1 atom stereocenters. The first-order chi connectivity index (χ1) is 13.5. The summed E-state index contributed by atoms with van der Waals surface area (Å²) in [6.07, 6.45) is 0. The predicted molar refractivity (Wildman–Crippen MR) is 113 cm³/mol. The van der Waals surface area contributed by atoms with E-state index in [4.69, 9.17) is 10.5 Å². The zero-order valence-electron chi connectivity index (χ0n) is 16.2. The van der Waals surface area contributed by atoms with Crippen LogP contribution in [0.25, 0.3) is 0 Å². The van der Waals surface area contributed by atoms with Gasteiger partial charge in [0.25, 0.3) is 5.84 Å². The molecule has 28 heavy (non-hydrogen) atoms. The highest BCUT2D eigenvalue weighted by Crippen LogP contribution is 2.37. The molecule has 0 amide bonds. The third-order valence-corrected chi connectivity index (χ3v) is 6.15. The van der Waals surface area contributed by atoms with Gasteiger partial charge in [-0.3, -0.25) is 14.3 Å². The van der Waals surface area contributed by atoms with Crippen molar-refractivity contribution in [3.63, 3.8) is 0 Å². The van der Waals surface area contributed by atoms with Crippen molar-refractivity contribution in [3.05, 3.63) is 40.8 Å². The van der Waals surface area contributed by atoms with E-state index >= 15 is 0 Å². The molecule has 0 radical (unpaired) electrons. The second kappa shape index (κ2) is 7.90. The average Bonchev–Trinajstić information content (AvgIpc) is 2.99. The maximum Gasteiger partial charge on any atom is 0.323 e. The highest BCUT2D eigenvalue weighted by atomic mass is 32.1. The van der Waals surface area contributed by atoms with Crippen LogP contribution in [0.3, 0.4) is 0 Å². The van der Waals surface area contributed by atoms with Crippen LogP contribution in [-0.2, 0) is 9.53 Å². The number of anilines is 3. The van der Waals surface area contributed by atoms with Gasteiger partial charge in [-0.05, 0) is 25.1 Å². The summed E-state index contributed by atoms with van der Waals surface area (Å²) in [6.45, 7) is 6.10. The largest absolute Gasteiger partial charge is 0.468 e. The van der Waals surface area contributed by atoms with E-state index in [0.29, 0.717) is 6.54 Å². The fourth-order valence-corrected chi connectivity index (χ4v) is 4.63. The van der Waals surface area contributed by atoms with Gasteiger partial charge in [-0.1, -0.05) is 12.1 Å². The zero-order valence-corrected chi connectivity index (χ0v) is 17.0. The molecule has 0 aliphatic carbocycles. The van der Waals surface area contributed by atoms with Crippen LogP contribution < -0.4 is 16.4 Å². The Morgan fingerprint density at radius 2 is 1.96 bits per heavy atom. The molecule has 1 aromatic carbocycles. The van der Waals surface area contributed by atoms with Gasteiger partial charge in [0.2, 0.25) is 0 Å². The predicted octanol–water partition coefficient (Wildman–Crippen LogP) is 1.80. The number of benzene rings is 1. The Morgan fingerprint density at radius 1 is 1.29 bits per heavy atom. The number of ether oxygens (including phenoxy) is 1. The van der Waals surface area contributed by atoms with Crippen molar-refractivity contribution in [2.75, 3.05) is 50.5 Å². The molecule has 4 N–H and O–H groups in total. The van der Waals surface area contributed by atoms with Crippen molar-refractivity contribution in [1.82, 2.24) is 4.90 Å². The molecule has 148 valence electrons. The van der Waals surface area contributed by atoms with Gasteiger partial charge >= 0.3 is 5.97 Å². The Hall–Kier alpha value is -2.42. The van der Waals surface area contributed by atoms with Gasteiger partial charge in [-0.2, -0.15) is 0 Å². The standard InChI is InChI=1S/C20H25N5O2S/c1-13-11-14-18(22-16-5-3-4-6-17(16)23-19(14)28-13)25-9-7-24(8-10-25)12-15(21)20(26)27-2/h3-6,11,15H,7-10,12,21H2,1-2H3,(H,22,23)/p+1. The van der Waals surface area contributed by atoms with Gasteiger partial charge < -0.3 is 15.8 Å². The molecular weight excluding hydrogens is 374 g/mol. The molecule has 2 aromatic rings. The van der Waals surface area contributed by atoms with Gasteiger partial charge in [-0.25, -0.2) is 5.32 Å². The number of carbonyl (C=O) groups is 1. The number of fused-ring (bicyclic) bond motifs is 2. The number of para-hydroxylation sites is 2. The van der Waals surface area contributed by atoms with Crippen LogP contribution in [-0.4, -0.2) is 67.2 Å². The van der Waals surface area contributed by atoms with Gasteiger partial charge in [0.05, 0.1) is 31.5 Å². The molecule has 0 bridgehead atoms. The van der Waals surface area contributed by atoms with E-state index in [0.717, 1.165) is 43.4 Å². The van der Waals surface area contributed by atoms with E-state index in [1.807, 2.05) is 12.1 Å². The second-order valence-corrected chi connectivity index (χ2v) is 8.42. The van der Waals surface area contributed by atoms with Crippen LogP contribution in [0.2, 0.25) is 0 Å². The summed E-state index contributed by atoms with van der Waals surface area (Å²) in [5.74, 6) is 0.775. The lowest BCUT2D eigenvalue weighted by Crippen LogP contribution is -2.51. The van der Waals surface area contributed by atoms with Gasteiger partial charge in [0, 0.05) is 24.5 Å². The number of aryl methyl sites for hydroxylation is 1. The first kappa shape index (κ1) is 18.9. The molecule has 1 unspecified atom stereocenters. The molecule has 8 heteroatoms. The summed E-state index contributed by atoms with van der Waals surface area (Å²) in [7, 11) is 1.38. The number of esters is 1. The van der Waals surface area contributed by atoms with Crippen molar-refractivity contribution in [2.45, 2.75) is 13.0 Å². The van der Waals surface area contributed by atoms with Crippen LogP contribution in [0.4, 0.5) is 16.4 Å². The highest BCUT2D eigenvalue weighted by molar-refractivity contribution is 7.16. The van der Waals surface area contributed by atoms with Crippen molar-refractivity contribution in [3.8, 4) is 0 Å². The number of hydrogen-bond acceptors (Lipinski definition) is 6. The van der Waals surface area contributed by atoms with Crippen LogP contribution in [0.1, 0.15) is 10.4 Å². The first-order valence-corrected chi connectivity index (χ1v) is 10.3. The summed E-state index contributed by atoms with van der Waals surface area (Å²) >= 11 is 1.77. The SMILES string of the molecule is COC(=O)C(N)CN1CC[N+](=C2Nc3ccccc3Nc3sc(C)cc32)CC1. The average molecular weight is 401 g/mol. The molecule has 7 nitrogen and oxygen atoms in total. The maximum absolute atomic E-state index is 11.6. The lowest BCUT2D eigenvalue weighted by Gasteiger charge is -2.29. The van der Waals surface area contributed by atoms with Crippen molar-refractivity contribution in [1.29, 1.82) is 0 Å². The van der Waals surface area contributed by atoms with Gasteiger partial charge in [0.15, 0.2) is 0 Å². The summed E-state index contributed by atoms with van der Waals surface area (Å²) in [5, 5.41) is 8.39. The summed E-state index contributed by atoms with van der Waals surface area (Å²) in [5.41, 5.74) is 9.29. The number of nitrogens with two attached hydrogens (primary N) is 1. The number of nitrogens with zero attached hydrogens (tertiary/aromatic N) is 2. The molecular formula is C20H26N5O2S+. The van der Waals surface area contributed by atoms with Crippen molar-refractivity contribution < 1.29 is 14.1 Å². The van der Waals surface area contributed by atoms with E-state index in [-0.39, 0.29) is 5.97 Å². The molecule has 1 fully saturated rings. The Morgan fingerprint density at radius 3 is 2.64 bits per heavy atom. The Bertz CT molecular complexity index is 913. The van der Waals surface area contributed by atoms with Crippen molar-refractivity contribution in [2.24, 2.45) is 5.73 Å². The number of piperazine rings is 1. The lowest BCUT2D eigenvalue weighted by molar-refractivity contribution is -0.539. The van der Waals surface area contributed by atoms with Gasteiger partial charge in [-0.15, -0.1) is 11.3 Å². The minimum atomic E-state index is -0.595. The quantitative estimate of drug-likeness (QED) is 0.538. The normalized spacial score (nSPS) is 17.7. The van der Waals surface area contributed by atoms with Crippen molar-refractivity contribution >= 4 is 39.5 Å². The molecule has 2 aliphatic heterocycles.